The van der Waals surface area contributed by atoms with Crippen molar-refractivity contribution in [3.05, 3.63) is 27.5 Å². The maximum Gasteiger partial charge on any atom is 0.206 e. The number of aliphatic hydroxyl groups excluding tert-OH is 3. The number of hydrogen-bond acceptors (Lipinski definition) is 5. The fourth-order valence-electron chi connectivity index (χ4n) is 2.40. The van der Waals surface area contributed by atoms with E-state index < -0.39 is 31.1 Å². The summed E-state index contributed by atoms with van der Waals surface area (Å²) in [4.78, 5) is 4.12. The lowest BCUT2D eigenvalue weighted by Crippen LogP contribution is -2.33. The van der Waals surface area contributed by atoms with Crippen LogP contribution in [0.4, 0.5) is 0 Å². The van der Waals surface area contributed by atoms with E-state index in [4.69, 9.17) is 44.6 Å². The Labute approximate surface area is 134 Å². The Morgan fingerprint density at radius 2 is 1.81 bits per heavy atom. The predicted molar refractivity (Wildman–Crippen MR) is 77.8 cm³/mol. The molecule has 0 radical (unpaired) electrons. The Bertz CT molecular complexity index is 693. The molecule has 9 heteroatoms. The van der Waals surface area contributed by atoms with Crippen LogP contribution in [0.3, 0.4) is 0 Å². The minimum Gasteiger partial charge on any atom is -0.394 e. The van der Waals surface area contributed by atoms with Gasteiger partial charge in [0.05, 0.1) is 27.7 Å². The monoisotopic (exact) mass is 352 g/mol. The summed E-state index contributed by atoms with van der Waals surface area (Å²) < 4.78 is 6.86. The first kappa shape index (κ1) is 15.3. The third kappa shape index (κ3) is 2.41. The molecule has 0 aliphatic carbocycles. The summed E-state index contributed by atoms with van der Waals surface area (Å²) >= 11 is 18.0. The maximum absolute atomic E-state index is 10.1. The molecule has 0 bridgehead atoms. The largest absolute Gasteiger partial charge is 0.394 e. The van der Waals surface area contributed by atoms with Gasteiger partial charge in [0, 0.05) is 0 Å². The summed E-state index contributed by atoms with van der Waals surface area (Å²) in [5, 5.41) is 29.7. The topological polar surface area (TPSA) is 87.7 Å². The molecule has 1 unspecified atom stereocenters. The summed E-state index contributed by atoms with van der Waals surface area (Å²) in [5.41, 5.74) is 0.983. The van der Waals surface area contributed by atoms with Crippen LogP contribution in [-0.2, 0) is 4.74 Å². The van der Waals surface area contributed by atoms with E-state index in [-0.39, 0.29) is 5.28 Å². The number of hydrogen-bond donors (Lipinski definition) is 3. The number of aromatic nitrogens is 2. The zero-order valence-corrected chi connectivity index (χ0v) is 12.7. The van der Waals surface area contributed by atoms with Gasteiger partial charge in [-0.25, -0.2) is 4.98 Å². The highest BCUT2D eigenvalue weighted by Gasteiger charge is 2.44. The van der Waals surface area contributed by atoms with Gasteiger partial charge >= 0.3 is 0 Å². The van der Waals surface area contributed by atoms with E-state index in [9.17, 15) is 10.2 Å². The van der Waals surface area contributed by atoms with E-state index in [1.165, 1.54) is 4.57 Å². The molecular weight excluding hydrogens is 343 g/mol. The number of nitrogens with zero attached hydrogens (tertiary/aromatic N) is 2. The van der Waals surface area contributed by atoms with Crippen molar-refractivity contribution in [2.75, 3.05) is 6.61 Å². The van der Waals surface area contributed by atoms with Gasteiger partial charge in [-0.2, -0.15) is 0 Å². The minimum atomic E-state index is -1.26. The molecule has 0 amide bonds. The van der Waals surface area contributed by atoms with Gasteiger partial charge in [-0.3, -0.25) is 4.57 Å². The molecule has 4 atom stereocenters. The summed E-state index contributed by atoms with van der Waals surface area (Å²) in [6, 6.07) is 3.09. The summed E-state index contributed by atoms with van der Waals surface area (Å²) in [7, 11) is 0. The first-order valence-corrected chi connectivity index (χ1v) is 7.22. The third-order valence-corrected chi connectivity index (χ3v) is 4.45. The van der Waals surface area contributed by atoms with Gasteiger partial charge < -0.3 is 20.1 Å². The second-order valence-corrected chi connectivity index (χ2v) is 5.89. The zero-order chi connectivity index (χ0) is 15.3. The molecule has 1 fully saturated rings. The lowest BCUT2D eigenvalue weighted by Gasteiger charge is -2.18. The Balaban J connectivity index is 2.12. The van der Waals surface area contributed by atoms with Crippen molar-refractivity contribution < 1.29 is 20.1 Å². The zero-order valence-electron chi connectivity index (χ0n) is 10.4. The molecule has 2 heterocycles. The third-order valence-electron chi connectivity index (χ3n) is 3.46. The van der Waals surface area contributed by atoms with Crippen LogP contribution >= 0.6 is 34.8 Å². The quantitative estimate of drug-likeness (QED) is 0.763. The highest BCUT2D eigenvalue weighted by Crippen LogP contribution is 2.36. The SMILES string of the molecule is OC[C@H]1O[C@@H](n2c(Cl)nc3cc(Cl)c(Cl)cc32)[C@@H](O)C1O. The molecule has 0 saturated carbocycles. The van der Waals surface area contributed by atoms with Crippen LogP contribution in [0, 0.1) is 0 Å². The Morgan fingerprint density at radius 1 is 1.14 bits per heavy atom. The van der Waals surface area contributed by atoms with Gasteiger partial charge in [0.25, 0.3) is 0 Å². The number of aliphatic hydroxyl groups is 3. The van der Waals surface area contributed by atoms with E-state index in [1.807, 2.05) is 0 Å². The van der Waals surface area contributed by atoms with Crippen LogP contribution in [0.2, 0.25) is 15.3 Å². The smallest absolute Gasteiger partial charge is 0.206 e. The standard InChI is InChI=1S/C12H11Cl3N2O4/c13-4-1-6-7(2-5(4)14)17(12(15)16-6)11-10(20)9(19)8(3-18)21-11/h1-2,8-11,18-20H,3H2/t8-,9?,10+,11-/m1/s1. The molecule has 1 aromatic heterocycles. The van der Waals surface area contributed by atoms with Crippen molar-refractivity contribution in [2.45, 2.75) is 24.5 Å². The van der Waals surface area contributed by atoms with Gasteiger partial charge in [-0.1, -0.05) is 23.2 Å². The molecular formula is C12H11Cl3N2O4. The van der Waals surface area contributed by atoms with Crippen LogP contribution in [0.1, 0.15) is 6.23 Å². The molecule has 0 spiro atoms. The lowest BCUT2D eigenvalue weighted by molar-refractivity contribution is -0.0507. The van der Waals surface area contributed by atoms with Crippen molar-refractivity contribution in [3.8, 4) is 0 Å². The van der Waals surface area contributed by atoms with Gasteiger partial charge in [0.2, 0.25) is 5.28 Å². The predicted octanol–water partition coefficient (Wildman–Crippen LogP) is 1.61. The normalized spacial score (nSPS) is 29.4. The minimum absolute atomic E-state index is 0.0539. The number of ether oxygens (including phenoxy) is 1. The Hall–Kier alpha value is -0.600. The van der Waals surface area contributed by atoms with Crippen molar-refractivity contribution in [1.82, 2.24) is 9.55 Å². The van der Waals surface area contributed by atoms with Gasteiger partial charge in [0.15, 0.2) is 6.23 Å². The van der Waals surface area contributed by atoms with Gasteiger partial charge in [-0.05, 0) is 23.7 Å². The first-order chi connectivity index (χ1) is 9.93. The second-order valence-electron chi connectivity index (χ2n) is 4.73. The van der Waals surface area contributed by atoms with E-state index in [0.717, 1.165) is 0 Å². The molecule has 1 aliphatic rings. The molecule has 114 valence electrons. The van der Waals surface area contributed by atoms with E-state index in [0.29, 0.717) is 21.1 Å². The average Bonchev–Trinajstić information content (AvgIpc) is 2.89. The molecule has 3 N–H and O–H groups in total. The van der Waals surface area contributed by atoms with E-state index in [1.54, 1.807) is 12.1 Å². The lowest BCUT2D eigenvalue weighted by atomic mass is 10.1. The fourth-order valence-corrected chi connectivity index (χ4v) is 2.99. The highest BCUT2D eigenvalue weighted by molar-refractivity contribution is 6.42. The van der Waals surface area contributed by atoms with Crippen LogP contribution in [0.25, 0.3) is 11.0 Å². The van der Waals surface area contributed by atoms with E-state index >= 15 is 0 Å². The van der Waals surface area contributed by atoms with Crippen LogP contribution in [0.15, 0.2) is 12.1 Å². The van der Waals surface area contributed by atoms with Crippen LogP contribution in [-0.4, -0.2) is 49.8 Å². The molecule has 1 aromatic carbocycles. The van der Waals surface area contributed by atoms with Gasteiger partial charge in [0.1, 0.15) is 18.3 Å². The van der Waals surface area contributed by atoms with Crippen molar-refractivity contribution in [2.24, 2.45) is 0 Å². The number of fused-ring (bicyclic) bond motifs is 1. The average molecular weight is 354 g/mol. The summed E-state index contributed by atoms with van der Waals surface area (Å²) in [6.45, 7) is -0.425. The number of benzene rings is 1. The summed E-state index contributed by atoms with van der Waals surface area (Å²) in [6.07, 6.45) is -4.36. The molecule has 1 aliphatic heterocycles. The van der Waals surface area contributed by atoms with Crippen molar-refractivity contribution in [3.63, 3.8) is 0 Å². The van der Waals surface area contributed by atoms with E-state index in [2.05, 4.69) is 4.98 Å². The number of halogens is 3. The number of imidazole rings is 1. The van der Waals surface area contributed by atoms with Crippen molar-refractivity contribution in [1.29, 1.82) is 0 Å². The molecule has 2 aromatic rings. The van der Waals surface area contributed by atoms with Crippen LogP contribution in [0.5, 0.6) is 0 Å². The Kier molecular flexibility index (Phi) is 4.04. The molecule has 6 nitrogen and oxygen atoms in total. The summed E-state index contributed by atoms with van der Waals surface area (Å²) in [5.74, 6) is 0. The van der Waals surface area contributed by atoms with Crippen molar-refractivity contribution >= 4 is 45.8 Å². The first-order valence-electron chi connectivity index (χ1n) is 6.09. The maximum atomic E-state index is 10.1. The second kappa shape index (κ2) is 5.55. The Morgan fingerprint density at radius 3 is 2.43 bits per heavy atom. The molecule has 1 saturated heterocycles. The molecule has 3 rings (SSSR count). The van der Waals surface area contributed by atoms with Gasteiger partial charge in [-0.15, -0.1) is 0 Å². The number of rotatable bonds is 2. The highest BCUT2D eigenvalue weighted by atomic mass is 35.5. The molecule has 21 heavy (non-hydrogen) atoms. The fraction of sp³-hybridized carbons (Fsp3) is 0.417. The van der Waals surface area contributed by atoms with Crippen LogP contribution < -0.4 is 0 Å².